The van der Waals surface area contributed by atoms with Crippen LogP contribution in [0.1, 0.15) is 5.56 Å². The predicted molar refractivity (Wildman–Crippen MR) is 126 cm³/mol. The Morgan fingerprint density at radius 1 is 1.17 bits per heavy atom. The number of fused-ring (bicyclic) bond motifs is 1. The van der Waals surface area contributed by atoms with Crippen LogP contribution in [0.25, 0.3) is 15.9 Å². The van der Waals surface area contributed by atoms with Gasteiger partial charge in [-0.25, -0.2) is 4.98 Å². The number of aryl methyl sites for hydroxylation is 1. The molecule has 0 spiro atoms. The van der Waals surface area contributed by atoms with Crippen molar-refractivity contribution in [1.29, 1.82) is 0 Å². The van der Waals surface area contributed by atoms with Crippen LogP contribution in [0.2, 0.25) is 10.0 Å². The van der Waals surface area contributed by atoms with E-state index in [0.717, 1.165) is 11.3 Å². The highest BCUT2D eigenvalue weighted by atomic mass is 35.5. The third-order valence-corrected chi connectivity index (χ3v) is 6.55. The number of hydrogen-bond donors (Lipinski definition) is 1. The molecule has 152 valence electrons. The average Bonchev–Trinajstić information content (AvgIpc) is 3.15. The van der Waals surface area contributed by atoms with Gasteiger partial charge in [-0.1, -0.05) is 53.2 Å². The van der Waals surface area contributed by atoms with E-state index in [2.05, 4.69) is 10.3 Å². The molecule has 2 heterocycles. The van der Waals surface area contributed by atoms with Crippen LogP contribution in [0.3, 0.4) is 0 Å². The van der Waals surface area contributed by atoms with E-state index in [1.54, 1.807) is 22.8 Å². The lowest BCUT2D eigenvalue weighted by atomic mass is 10.2. The van der Waals surface area contributed by atoms with E-state index in [-0.39, 0.29) is 17.2 Å². The molecule has 0 radical (unpaired) electrons. The minimum Gasteiger partial charge on any atom is -0.325 e. The second-order valence-electron chi connectivity index (χ2n) is 6.45. The minimum atomic E-state index is -0.255. The summed E-state index contributed by atoms with van der Waals surface area (Å²) in [5.74, 6) is -0.188. The molecule has 0 aliphatic carbocycles. The van der Waals surface area contributed by atoms with Gasteiger partial charge >= 0.3 is 0 Å². The number of nitrogens with one attached hydrogen (secondary N) is 1. The molecule has 4 aromatic rings. The van der Waals surface area contributed by atoms with Crippen LogP contribution >= 0.6 is 46.3 Å². The van der Waals surface area contributed by atoms with Crippen molar-refractivity contribution in [2.45, 2.75) is 12.1 Å². The number of rotatable bonds is 5. The number of benzene rings is 2. The van der Waals surface area contributed by atoms with Gasteiger partial charge in [0.2, 0.25) is 5.91 Å². The van der Waals surface area contributed by atoms with Gasteiger partial charge in [0.05, 0.1) is 17.0 Å². The van der Waals surface area contributed by atoms with Gasteiger partial charge in [-0.05, 0) is 48.2 Å². The largest absolute Gasteiger partial charge is 0.325 e. The number of aromatic nitrogens is 2. The standard InChI is InChI=1S/C21H15Cl2N3O2S2/c1-12-4-2-3-5-17(12)26-20(28)19-16(6-7-29-19)25-21(26)30-11-18(27)24-15-9-13(22)8-14(23)10-15/h2-10H,11H2,1H3,(H,24,27). The number of thioether (sulfide) groups is 1. The molecule has 2 aromatic heterocycles. The van der Waals surface area contributed by atoms with Gasteiger partial charge < -0.3 is 5.32 Å². The average molecular weight is 476 g/mol. The topological polar surface area (TPSA) is 64.0 Å². The van der Waals surface area contributed by atoms with Crippen molar-refractivity contribution in [3.8, 4) is 5.69 Å². The van der Waals surface area contributed by atoms with Gasteiger partial charge in [-0.15, -0.1) is 11.3 Å². The third kappa shape index (κ3) is 4.39. The molecule has 0 atom stereocenters. The Hall–Kier alpha value is -2.32. The van der Waals surface area contributed by atoms with Crippen molar-refractivity contribution in [3.05, 3.63) is 79.9 Å². The van der Waals surface area contributed by atoms with E-state index in [1.165, 1.54) is 23.1 Å². The van der Waals surface area contributed by atoms with E-state index in [0.29, 0.717) is 31.1 Å². The van der Waals surface area contributed by atoms with Crippen molar-refractivity contribution in [1.82, 2.24) is 9.55 Å². The van der Waals surface area contributed by atoms with E-state index < -0.39 is 0 Å². The van der Waals surface area contributed by atoms with E-state index in [1.807, 2.05) is 42.6 Å². The lowest BCUT2D eigenvalue weighted by Crippen LogP contribution is -2.22. The van der Waals surface area contributed by atoms with Gasteiger partial charge in [-0.2, -0.15) is 0 Å². The Morgan fingerprint density at radius 2 is 1.90 bits per heavy atom. The first kappa shape index (κ1) is 20.9. The third-order valence-electron chi connectivity index (χ3n) is 4.28. The molecule has 1 amide bonds. The van der Waals surface area contributed by atoms with Crippen LogP contribution in [-0.4, -0.2) is 21.2 Å². The van der Waals surface area contributed by atoms with Gasteiger partial charge in [0.1, 0.15) is 4.70 Å². The second-order valence-corrected chi connectivity index (χ2v) is 9.18. The predicted octanol–water partition coefficient (Wildman–Crippen LogP) is 5.79. The number of anilines is 1. The molecule has 0 fully saturated rings. The Bertz CT molecular complexity index is 1300. The minimum absolute atomic E-state index is 0.0676. The molecule has 0 unspecified atom stereocenters. The summed E-state index contributed by atoms with van der Waals surface area (Å²) in [6, 6.07) is 14.2. The Balaban J connectivity index is 1.65. The van der Waals surface area contributed by atoms with Crippen LogP contribution in [0.15, 0.2) is 63.9 Å². The molecule has 1 N–H and O–H groups in total. The van der Waals surface area contributed by atoms with Crippen molar-refractivity contribution < 1.29 is 4.79 Å². The number of carbonyl (C=O) groups excluding carboxylic acids is 1. The van der Waals surface area contributed by atoms with Crippen LogP contribution in [-0.2, 0) is 4.79 Å². The summed E-state index contributed by atoms with van der Waals surface area (Å²) >= 11 is 14.5. The highest BCUT2D eigenvalue weighted by Crippen LogP contribution is 2.26. The monoisotopic (exact) mass is 475 g/mol. The summed E-state index contributed by atoms with van der Waals surface area (Å²) in [6.45, 7) is 1.93. The van der Waals surface area contributed by atoms with Gasteiger partial charge in [0.15, 0.2) is 5.16 Å². The highest BCUT2D eigenvalue weighted by Gasteiger charge is 2.17. The van der Waals surface area contributed by atoms with Gasteiger partial charge in [0, 0.05) is 15.7 Å². The Morgan fingerprint density at radius 3 is 2.63 bits per heavy atom. The molecule has 0 saturated carbocycles. The van der Waals surface area contributed by atoms with E-state index in [9.17, 15) is 9.59 Å². The number of halogens is 2. The molecule has 5 nitrogen and oxygen atoms in total. The van der Waals surface area contributed by atoms with Crippen LogP contribution in [0.5, 0.6) is 0 Å². The normalized spacial score (nSPS) is 11.0. The molecule has 9 heteroatoms. The molecular weight excluding hydrogens is 461 g/mol. The number of para-hydroxylation sites is 1. The van der Waals surface area contributed by atoms with E-state index in [4.69, 9.17) is 23.2 Å². The molecular formula is C21H15Cl2N3O2S2. The molecule has 0 bridgehead atoms. The quantitative estimate of drug-likeness (QED) is 0.292. The summed E-state index contributed by atoms with van der Waals surface area (Å²) in [4.78, 5) is 30.3. The summed E-state index contributed by atoms with van der Waals surface area (Å²) in [6.07, 6.45) is 0. The summed E-state index contributed by atoms with van der Waals surface area (Å²) in [5.41, 5.74) is 2.68. The first-order valence-corrected chi connectivity index (χ1v) is 11.5. The van der Waals surface area contributed by atoms with Crippen molar-refractivity contribution in [3.63, 3.8) is 0 Å². The smallest absolute Gasteiger partial charge is 0.276 e. The van der Waals surface area contributed by atoms with Crippen LogP contribution in [0, 0.1) is 6.92 Å². The van der Waals surface area contributed by atoms with Crippen LogP contribution < -0.4 is 10.9 Å². The number of carbonyl (C=O) groups is 1. The number of thiophene rings is 1. The number of hydrogen-bond acceptors (Lipinski definition) is 5. The molecule has 4 rings (SSSR count). The molecule has 0 aliphatic rings. The fourth-order valence-electron chi connectivity index (χ4n) is 2.97. The zero-order chi connectivity index (χ0) is 21.3. The lowest BCUT2D eigenvalue weighted by Gasteiger charge is -2.14. The summed E-state index contributed by atoms with van der Waals surface area (Å²) in [5, 5.41) is 5.93. The molecule has 30 heavy (non-hydrogen) atoms. The van der Waals surface area contributed by atoms with Crippen molar-refractivity contribution >= 4 is 68.1 Å². The number of nitrogens with zero attached hydrogens (tertiary/aromatic N) is 2. The maximum atomic E-state index is 13.2. The van der Waals surface area contributed by atoms with E-state index >= 15 is 0 Å². The second kappa shape index (κ2) is 8.81. The zero-order valence-electron chi connectivity index (χ0n) is 15.7. The zero-order valence-corrected chi connectivity index (χ0v) is 18.8. The first-order valence-electron chi connectivity index (χ1n) is 8.87. The van der Waals surface area contributed by atoms with Crippen LogP contribution in [0.4, 0.5) is 5.69 Å². The highest BCUT2D eigenvalue weighted by molar-refractivity contribution is 7.99. The lowest BCUT2D eigenvalue weighted by molar-refractivity contribution is -0.113. The fraction of sp³-hybridized carbons (Fsp3) is 0.0952. The van der Waals surface area contributed by atoms with Crippen molar-refractivity contribution in [2.24, 2.45) is 0 Å². The Kier molecular flexibility index (Phi) is 6.15. The first-order chi connectivity index (χ1) is 14.4. The van der Waals surface area contributed by atoms with Gasteiger partial charge in [-0.3, -0.25) is 14.2 Å². The molecule has 0 aliphatic heterocycles. The van der Waals surface area contributed by atoms with Gasteiger partial charge in [0.25, 0.3) is 5.56 Å². The molecule has 2 aromatic carbocycles. The maximum Gasteiger partial charge on any atom is 0.276 e. The Labute approximate surface area is 190 Å². The molecule has 0 saturated heterocycles. The SMILES string of the molecule is Cc1ccccc1-n1c(SCC(=O)Nc2cc(Cl)cc(Cl)c2)nc2ccsc2c1=O. The summed E-state index contributed by atoms with van der Waals surface area (Å²) in [7, 11) is 0. The van der Waals surface area contributed by atoms with Crippen molar-refractivity contribution in [2.75, 3.05) is 11.1 Å². The summed E-state index contributed by atoms with van der Waals surface area (Å²) < 4.78 is 2.16. The number of amides is 1. The fourth-order valence-corrected chi connectivity index (χ4v) is 5.06. The maximum absolute atomic E-state index is 13.2.